The van der Waals surface area contributed by atoms with E-state index in [0.29, 0.717) is 42.5 Å². The molecule has 0 aromatic heterocycles. The van der Waals surface area contributed by atoms with Crippen LogP contribution in [-0.2, 0) is 26.4 Å². The predicted molar refractivity (Wildman–Crippen MR) is 120 cm³/mol. The Morgan fingerprint density at radius 1 is 1.11 bits per heavy atom. The number of hydrogen-bond donors (Lipinski definition) is 3. The largest absolute Gasteiger partial charge is 0.356 e. The van der Waals surface area contributed by atoms with E-state index in [1.54, 1.807) is 33.0 Å². The van der Waals surface area contributed by atoms with E-state index >= 15 is 0 Å². The highest BCUT2D eigenvalue weighted by molar-refractivity contribution is 14.0. The molecular weight excluding hydrogens is 503 g/mol. The summed E-state index contributed by atoms with van der Waals surface area (Å²) in [5, 5.41) is 6.24. The zero-order valence-corrected chi connectivity index (χ0v) is 20.0. The van der Waals surface area contributed by atoms with Gasteiger partial charge in [-0.1, -0.05) is 12.1 Å². The van der Waals surface area contributed by atoms with Crippen LogP contribution in [0.1, 0.15) is 24.5 Å². The molecule has 0 heterocycles. The van der Waals surface area contributed by atoms with Crippen molar-refractivity contribution >= 4 is 49.8 Å². The summed E-state index contributed by atoms with van der Waals surface area (Å²) in [6, 6.07) is 5.21. The van der Waals surface area contributed by atoms with Crippen LogP contribution < -0.4 is 15.4 Å². The summed E-state index contributed by atoms with van der Waals surface area (Å²) in [5.41, 5.74) is 1.64. The van der Waals surface area contributed by atoms with Gasteiger partial charge in [0.15, 0.2) is 15.8 Å². The maximum absolute atomic E-state index is 11.6. The summed E-state index contributed by atoms with van der Waals surface area (Å²) < 4.78 is 48.4. The lowest BCUT2D eigenvalue weighted by molar-refractivity contribution is 0.579. The van der Waals surface area contributed by atoms with Crippen molar-refractivity contribution in [2.24, 2.45) is 4.99 Å². The molecule has 0 aliphatic carbocycles. The second-order valence-corrected chi connectivity index (χ2v) is 9.96. The first-order valence-electron chi connectivity index (χ1n) is 8.30. The fourth-order valence-corrected chi connectivity index (χ4v) is 3.89. The topological polar surface area (TPSA) is 117 Å². The molecule has 0 amide bonds. The van der Waals surface area contributed by atoms with Crippen molar-refractivity contribution in [2.75, 3.05) is 32.1 Å². The van der Waals surface area contributed by atoms with Gasteiger partial charge in [0, 0.05) is 32.9 Å². The molecule has 1 aromatic rings. The lowest BCUT2D eigenvalue weighted by Gasteiger charge is -2.13. The average molecular weight is 532 g/mol. The molecule has 0 fully saturated rings. The number of nitrogens with zero attached hydrogens (tertiary/aromatic N) is 1. The van der Waals surface area contributed by atoms with E-state index in [2.05, 4.69) is 20.3 Å². The number of sulfone groups is 1. The van der Waals surface area contributed by atoms with Crippen LogP contribution in [0, 0.1) is 6.92 Å². The monoisotopic (exact) mass is 532 g/mol. The molecule has 3 N–H and O–H groups in total. The second-order valence-electron chi connectivity index (χ2n) is 5.88. The molecule has 0 saturated carbocycles. The number of sulfonamides is 1. The van der Waals surface area contributed by atoms with Crippen LogP contribution in [0.3, 0.4) is 0 Å². The molecular formula is C16H29IN4O4S2. The fourth-order valence-electron chi connectivity index (χ4n) is 2.27. The number of aliphatic imine (C=N–C) groups is 1. The van der Waals surface area contributed by atoms with Gasteiger partial charge in [0.05, 0.1) is 10.6 Å². The average Bonchev–Trinajstić information content (AvgIpc) is 2.56. The number of nitrogens with one attached hydrogen (secondary N) is 3. The summed E-state index contributed by atoms with van der Waals surface area (Å²) in [4.78, 5) is 4.44. The van der Waals surface area contributed by atoms with Crippen molar-refractivity contribution in [1.82, 2.24) is 15.4 Å². The number of guanidine groups is 1. The quantitative estimate of drug-likeness (QED) is 0.189. The Balaban J connectivity index is 0.00000676. The van der Waals surface area contributed by atoms with E-state index in [-0.39, 0.29) is 29.7 Å². The molecule has 0 spiro atoms. The molecule has 0 radical (unpaired) electrons. The number of hydrogen-bond acceptors (Lipinski definition) is 5. The molecule has 27 heavy (non-hydrogen) atoms. The predicted octanol–water partition coefficient (Wildman–Crippen LogP) is 1.01. The molecule has 0 unspecified atom stereocenters. The minimum atomic E-state index is -3.22. The van der Waals surface area contributed by atoms with Gasteiger partial charge in [-0.25, -0.2) is 21.6 Å². The van der Waals surface area contributed by atoms with Crippen molar-refractivity contribution in [3.8, 4) is 0 Å². The molecule has 0 aliphatic rings. The summed E-state index contributed by atoms with van der Waals surface area (Å²) in [5.74, 6) is 0.662. The highest BCUT2D eigenvalue weighted by atomic mass is 127. The van der Waals surface area contributed by atoms with Crippen molar-refractivity contribution in [1.29, 1.82) is 0 Å². The van der Waals surface area contributed by atoms with Gasteiger partial charge >= 0.3 is 0 Å². The molecule has 0 aliphatic heterocycles. The molecule has 0 saturated heterocycles. The summed E-state index contributed by atoms with van der Waals surface area (Å²) in [6.07, 6.45) is 1.82. The number of benzene rings is 1. The third-order valence-electron chi connectivity index (χ3n) is 3.67. The maximum Gasteiger partial charge on any atom is 0.211 e. The summed E-state index contributed by atoms with van der Waals surface area (Å²) in [7, 11) is -4.73. The molecule has 8 nitrogen and oxygen atoms in total. The number of rotatable bonds is 9. The SMILES string of the molecule is CCS(=O)(=O)NCCCNC(=NC)NCc1ccc(S(C)(=O)=O)c(C)c1.I. The van der Waals surface area contributed by atoms with Crippen LogP contribution in [0.4, 0.5) is 0 Å². The van der Waals surface area contributed by atoms with Crippen molar-refractivity contribution in [2.45, 2.75) is 31.7 Å². The summed E-state index contributed by atoms with van der Waals surface area (Å²) in [6.45, 7) is 4.79. The second kappa shape index (κ2) is 11.8. The Labute approximate surface area is 179 Å². The molecule has 1 aromatic carbocycles. The smallest absolute Gasteiger partial charge is 0.211 e. The number of halogens is 1. The van der Waals surface area contributed by atoms with Crippen LogP contribution in [0.5, 0.6) is 0 Å². The van der Waals surface area contributed by atoms with Crippen LogP contribution >= 0.6 is 24.0 Å². The Kier molecular flexibility index (Phi) is 11.4. The van der Waals surface area contributed by atoms with E-state index in [9.17, 15) is 16.8 Å². The maximum atomic E-state index is 11.6. The van der Waals surface area contributed by atoms with Crippen LogP contribution in [0.15, 0.2) is 28.1 Å². The van der Waals surface area contributed by atoms with Gasteiger partial charge in [0.25, 0.3) is 0 Å². The Bertz CT molecular complexity index is 840. The van der Waals surface area contributed by atoms with E-state index in [1.807, 2.05) is 6.07 Å². The van der Waals surface area contributed by atoms with Gasteiger partial charge in [-0.15, -0.1) is 24.0 Å². The van der Waals surface area contributed by atoms with Gasteiger partial charge in [-0.3, -0.25) is 4.99 Å². The van der Waals surface area contributed by atoms with Gasteiger partial charge in [0.2, 0.25) is 10.0 Å². The highest BCUT2D eigenvalue weighted by Gasteiger charge is 2.11. The van der Waals surface area contributed by atoms with E-state index in [4.69, 9.17) is 0 Å². The molecule has 1 rings (SSSR count). The fraction of sp³-hybridized carbons (Fsp3) is 0.562. The summed E-state index contributed by atoms with van der Waals surface area (Å²) >= 11 is 0. The van der Waals surface area contributed by atoms with Crippen molar-refractivity contribution in [3.63, 3.8) is 0 Å². The molecule has 11 heteroatoms. The van der Waals surface area contributed by atoms with Crippen molar-refractivity contribution in [3.05, 3.63) is 29.3 Å². The van der Waals surface area contributed by atoms with E-state index < -0.39 is 19.9 Å². The highest BCUT2D eigenvalue weighted by Crippen LogP contribution is 2.16. The number of aryl methyl sites for hydroxylation is 1. The Morgan fingerprint density at radius 3 is 2.30 bits per heavy atom. The van der Waals surface area contributed by atoms with Gasteiger partial charge in [-0.2, -0.15) is 0 Å². The first kappa shape index (κ1) is 26.1. The standard InChI is InChI=1S/C16H28N4O4S2.HI/c1-5-26(23,24)20-10-6-9-18-16(17-3)19-12-14-7-8-15(13(2)11-14)25(4,21)22;/h7-8,11,20H,5-6,9-10,12H2,1-4H3,(H2,17,18,19);1H. The van der Waals surface area contributed by atoms with Crippen molar-refractivity contribution < 1.29 is 16.8 Å². The Morgan fingerprint density at radius 2 is 1.78 bits per heavy atom. The van der Waals surface area contributed by atoms with E-state index in [1.165, 1.54) is 6.26 Å². The minimum absolute atomic E-state index is 0. The first-order valence-corrected chi connectivity index (χ1v) is 11.8. The first-order chi connectivity index (χ1) is 12.1. The third kappa shape index (κ3) is 9.72. The van der Waals surface area contributed by atoms with Crippen LogP contribution in [-0.4, -0.2) is 54.9 Å². The molecule has 0 atom stereocenters. The van der Waals surface area contributed by atoms with Crippen LogP contribution in [0.25, 0.3) is 0 Å². The van der Waals surface area contributed by atoms with Gasteiger partial charge in [-0.05, 0) is 37.5 Å². The molecule has 156 valence electrons. The van der Waals surface area contributed by atoms with Gasteiger partial charge in [0.1, 0.15) is 0 Å². The minimum Gasteiger partial charge on any atom is -0.356 e. The normalized spacial score (nSPS) is 12.4. The third-order valence-corrected chi connectivity index (χ3v) is 6.33. The lowest BCUT2D eigenvalue weighted by Crippen LogP contribution is -2.38. The van der Waals surface area contributed by atoms with Gasteiger partial charge < -0.3 is 10.6 Å². The lowest BCUT2D eigenvalue weighted by atomic mass is 10.1. The zero-order chi connectivity index (χ0) is 19.8. The zero-order valence-electron chi connectivity index (χ0n) is 16.1. The Hall–Kier alpha value is -0.920. The van der Waals surface area contributed by atoms with E-state index in [0.717, 1.165) is 5.56 Å². The molecule has 0 bridgehead atoms. The van der Waals surface area contributed by atoms with Crippen LogP contribution in [0.2, 0.25) is 0 Å².